The summed E-state index contributed by atoms with van der Waals surface area (Å²) >= 11 is 0. The molecule has 2 unspecified atom stereocenters. The quantitative estimate of drug-likeness (QED) is 0.465. The first-order valence-corrected chi connectivity index (χ1v) is 10.9. The SMILES string of the molecule is NC(=O)C=Cc1ccc2[nH]c3c(c2c1)CC(CCOc1ccccc1)NC31CCNC1. The van der Waals surface area contributed by atoms with Gasteiger partial charge in [0.15, 0.2) is 0 Å². The van der Waals surface area contributed by atoms with Crippen molar-refractivity contribution in [1.82, 2.24) is 15.6 Å². The number of benzene rings is 2. The molecule has 5 rings (SSSR count). The molecule has 0 bridgehead atoms. The van der Waals surface area contributed by atoms with Gasteiger partial charge < -0.3 is 26.1 Å². The van der Waals surface area contributed by atoms with Crippen LogP contribution in [0.1, 0.15) is 29.7 Å². The normalized spacial score (nSPS) is 22.9. The Morgan fingerprint density at radius 1 is 1.23 bits per heavy atom. The maximum absolute atomic E-state index is 11.1. The number of hydrogen-bond donors (Lipinski definition) is 4. The number of nitrogens with one attached hydrogen (secondary N) is 3. The van der Waals surface area contributed by atoms with Crippen molar-refractivity contribution in [3.8, 4) is 5.75 Å². The summed E-state index contributed by atoms with van der Waals surface area (Å²) in [5, 5.41) is 8.70. The highest BCUT2D eigenvalue weighted by molar-refractivity contribution is 5.92. The molecule has 2 aliphatic rings. The van der Waals surface area contributed by atoms with E-state index in [0.29, 0.717) is 12.6 Å². The maximum atomic E-state index is 11.1. The zero-order valence-corrected chi connectivity index (χ0v) is 17.5. The highest BCUT2D eigenvalue weighted by atomic mass is 16.5. The van der Waals surface area contributed by atoms with Crippen molar-refractivity contribution in [3.63, 3.8) is 0 Å². The molecule has 6 nitrogen and oxygen atoms in total. The van der Waals surface area contributed by atoms with Crippen LogP contribution in [0.15, 0.2) is 54.6 Å². The summed E-state index contributed by atoms with van der Waals surface area (Å²) in [6, 6.07) is 16.6. The van der Waals surface area contributed by atoms with E-state index in [2.05, 4.69) is 27.8 Å². The molecule has 1 spiro atoms. The molecule has 0 radical (unpaired) electrons. The van der Waals surface area contributed by atoms with Crippen LogP contribution in [0.2, 0.25) is 0 Å². The van der Waals surface area contributed by atoms with Crippen molar-refractivity contribution in [1.29, 1.82) is 0 Å². The second-order valence-electron chi connectivity index (χ2n) is 8.52. The van der Waals surface area contributed by atoms with Crippen molar-refractivity contribution >= 4 is 22.9 Å². The van der Waals surface area contributed by atoms with Crippen LogP contribution in [0.5, 0.6) is 5.75 Å². The third-order valence-corrected chi connectivity index (χ3v) is 6.41. The highest BCUT2D eigenvalue weighted by Crippen LogP contribution is 2.39. The molecule has 6 heteroatoms. The average Bonchev–Trinajstić information content (AvgIpc) is 3.39. The Labute approximate surface area is 181 Å². The van der Waals surface area contributed by atoms with Crippen LogP contribution in [-0.4, -0.2) is 36.6 Å². The molecule has 2 aliphatic heterocycles. The lowest BCUT2D eigenvalue weighted by Crippen LogP contribution is -2.54. The summed E-state index contributed by atoms with van der Waals surface area (Å²) in [4.78, 5) is 14.8. The zero-order valence-electron chi connectivity index (χ0n) is 17.5. The highest BCUT2D eigenvalue weighted by Gasteiger charge is 2.43. The topological polar surface area (TPSA) is 92.2 Å². The van der Waals surface area contributed by atoms with E-state index in [1.165, 1.54) is 22.7 Å². The fourth-order valence-electron chi connectivity index (χ4n) is 4.97. The molecule has 3 aromatic rings. The number of fused-ring (bicyclic) bond motifs is 4. The summed E-state index contributed by atoms with van der Waals surface area (Å²) in [5.41, 5.74) is 9.98. The molecular weight excluding hydrogens is 388 g/mol. The summed E-state index contributed by atoms with van der Waals surface area (Å²) in [6.45, 7) is 2.59. The monoisotopic (exact) mass is 416 g/mol. The zero-order chi connectivity index (χ0) is 21.3. The largest absolute Gasteiger partial charge is 0.494 e. The average molecular weight is 417 g/mol. The third-order valence-electron chi connectivity index (χ3n) is 6.41. The van der Waals surface area contributed by atoms with Gasteiger partial charge in [0.1, 0.15) is 5.75 Å². The van der Waals surface area contributed by atoms with Crippen LogP contribution in [0, 0.1) is 0 Å². The second kappa shape index (κ2) is 8.21. The van der Waals surface area contributed by atoms with E-state index in [-0.39, 0.29) is 5.54 Å². The Bertz CT molecular complexity index is 1110. The van der Waals surface area contributed by atoms with Crippen LogP contribution >= 0.6 is 0 Å². The lowest BCUT2D eigenvalue weighted by Gasteiger charge is -2.39. The molecular formula is C25H28N4O2. The molecule has 0 aliphatic carbocycles. The molecule has 2 atom stereocenters. The van der Waals surface area contributed by atoms with Crippen molar-refractivity contribution in [2.24, 2.45) is 5.73 Å². The molecule has 160 valence electrons. The summed E-state index contributed by atoms with van der Waals surface area (Å²) in [7, 11) is 0. The number of amides is 1. The van der Waals surface area contributed by atoms with Gasteiger partial charge in [0.05, 0.1) is 12.1 Å². The number of hydrogen-bond acceptors (Lipinski definition) is 4. The van der Waals surface area contributed by atoms with Gasteiger partial charge in [-0.2, -0.15) is 0 Å². The van der Waals surface area contributed by atoms with Crippen LogP contribution in [0.4, 0.5) is 0 Å². The predicted octanol–water partition coefficient (Wildman–Crippen LogP) is 2.84. The van der Waals surface area contributed by atoms with Gasteiger partial charge in [-0.15, -0.1) is 0 Å². The van der Waals surface area contributed by atoms with Crippen molar-refractivity contribution in [2.75, 3.05) is 19.7 Å². The van der Waals surface area contributed by atoms with Gasteiger partial charge in [-0.25, -0.2) is 0 Å². The molecule has 1 saturated heterocycles. The Morgan fingerprint density at radius 2 is 2.10 bits per heavy atom. The van der Waals surface area contributed by atoms with Gasteiger partial charge in [-0.05, 0) is 67.3 Å². The number of rotatable bonds is 6. The van der Waals surface area contributed by atoms with Crippen LogP contribution in [0.3, 0.4) is 0 Å². The van der Waals surface area contributed by atoms with Crippen molar-refractivity contribution < 1.29 is 9.53 Å². The standard InChI is InChI=1S/C25H28N4O2/c26-23(30)9-7-17-6-8-22-20(14-17)21-15-18(10-13-31-19-4-2-1-3-5-19)29-25(24(21)28-22)11-12-27-16-25/h1-9,14,18,27-29H,10-13,15-16H2,(H2,26,30). The minimum atomic E-state index is -0.435. The molecule has 31 heavy (non-hydrogen) atoms. The maximum Gasteiger partial charge on any atom is 0.241 e. The van der Waals surface area contributed by atoms with Gasteiger partial charge in [-0.1, -0.05) is 24.3 Å². The number of primary amides is 1. The smallest absolute Gasteiger partial charge is 0.241 e. The number of carbonyl (C=O) groups excluding carboxylic acids is 1. The molecule has 3 heterocycles. The molecule has 1 fully saturated rings. The van der Waals surface area contributed by atoms with Crippen molar-refractivity contribution in [3.05, 3.63) is 71.4 Å². The second-order valence-corrected chi connectivity index (χ2v) is 8.52. The van der Waals surface area contributed by atoms with E-state index in [4.69, 9.17) is 10.5 Å². The van der Waals surface area contributed by atoms with Gasteiger partial charge in [-0.3, -0.25) is 4.79 Å². The van der Waals surface area contributed by atoms with E-state index in [1.54, 1.807) is 6.08 Å². The molecule has 5 N–H and O–H groups in total. The van der Waals surface area contributed by atoms with Crippen LogP contribution in [0.25, 0.3) is 17.0 Å². The van der Waals surface area contributed by atoms with E-state index >= 15 is 0 Å². The lowest BCUT2D eigenvalue weighted by molar-refractivity contribution is -0.113. The van der Waals surface area contributed by atoms with Crippen LogP contribution < -0.4 is 21.1 Å². The number of nitrogens with two attached hydrogens (primary N) is 1. The Kier molecular flexibility index (Phi) is 5.26. The number of H-pyrrole nitrogens is 1. The molecule has 1 aromatic heterocycles. The fraction of sp³-hybridized carbons (Fsp3) is 0.320. The summed E-state index contributed by atoms with van der Waals surface area (Å²) in [6.07, 6.45) is 6.12. The van der Waals surface area contributed by atoms with E-state index in [9.17, 15) is 4.79 Å². The Hall–Kier alpha value is -3.09. The van der Waals surface area contributed by atoms with Gasteiger partial charge in [0.2, 0.25) is 5.91 Å². The first-order chi connectivity index (χ1) is 15.1. The van der Waals surface area contributed by atoms with Gasteiger partial charge in [0, 0.05) is 35.3 Å². The predicted molar refractivity (Wildman–Crippen MR) is 123 cm³/mol. The van der Waals surface area contributed by atoms with Gasteiger partial charge in [0.25, 0.3) is 0 Å². The number of aromatic nitrogens is 1. The number of para-hydroxylation sites is 1. The Balaban J connectivity index is 1.43. The fourth-order valence-corrected chi connectivity index (χ4v) is 4.97. The minimum Gasteiger partial charge on any atom is -0.494 e. The van der Waals surface area contributed by atoms with Crippen molar-refractivity contribution in [2.45, 2.75) is 30.8 Å². The minimum absolute atomic E-state index is 0.0761. The first-order valence-electron chi connectivity index (χ1n) is 10.9. The van der Waals surface area contributed by atoms with E-state index in [1.807, 2.05) is 36.4 Å². The van der Waals surface area contributed by atoms with E-state index < -0.39 is 5.91 Å². The Morgan fingerprint density at radius 3 is 2.87 bits per heavy atom. The number of aromatic amines is 1. The number of ether oxygens (including phenoxy) is 1. The van der Waals surface area contributed by atoms with E-state index in [0.717, 1.165) is 49.2 Å². The lowest BCUT2D eigenvalue weighted by atomic mass is 9.82. The first kappa shape index (κ1) is 19.8. The molecule has 2 aromatic carbocycles. The van der Waals surface area contributed by atoms with Crippen LogP contribution in [-0.2, 0) is 16.8 Å². The summed E-state index contributed by atoms with van der Waals surface area (Å²) < 4.78 is 5.97. The molecule has 1 amide bonds. The number of carbonyl (C=O) groups is 1. The summed E-state index contributed by atoms with van der Waals surface area (Å²) in [5.74, 6) is 0.476. The van der Waals surface area contributed by atoms with Gasteiger partial charge >= 0.3 is 0 Å². The third kappa shape index (κ3) is 3.96. The molecule has 0 saturated carbocycles.